The molecule has 1 saturated heterocycles. The fourth-order valence-corrected chi connectivity index (χ4v) is 4.91. The average Bonchev–Trinajstić information content (AvgIpc) is 3.58. The highest BCUT2D eigenvalue weighted by Crippen LogP contribution is 2.34. The molecule has 13 heteroatoms. The number of hydrazine groups is 2. The van der Waals surface area contributed by atoms with E-state index in [1.165, 1.54) is 12.1 Å². The molecule has 10 nitrogen and oxygen atoms in total. The van der Waals surface area contributed by atoms with Crippen LogP contribution in [-0.2, 0) is 24.5 Å². The second-order valence-electron chi connectivity index (χ2n) is 10.4. The van der Waals surface area contributed by atoms with E-state index in [0.29, 0.717) is 31.0 Å². The third kappa shape index (κ3) is 6.76. The van der Waals surface area contributed by atoms with Crippen LogP contribution in [0.1, 0.15) is 38.3 Å². The van der Waals surface area contributed by atoms with Crippen LogP contribution in [-0.4, -0.2) is 60.0 Å². The minimum absolute atomic E-state index is 0.0691. The van der Waals surface area contributed by atoms with Crippen LogP contribution in [0.4, 0.5) is 24.5 Å². The number of carbonyl (C=O) groups excluding carboxylic acids is 1. The van der Waals surface area contributed by atoms with Gasteiger partial charge in [-0.05, 0) is 49.2 Å². The number of hydrogen-bond acceptors (Lipinski definition) is 8. The molecule has 1 amide bonds. The van der Waals surface area contributed by atoms with Gasteiger partial charge < -0.3 is 20.8 Å². The summed E-state index contributed by atoms with van der Waals surface area (Å²) in [6, 6.07) is 9.02. The highest BCUT2D eigenvalue weighted by molar-refractivity contribution is 6.05. The van der Waals surface area contributed by atoms with Crippen molar-refractivity contribution in [2.75, 3.05) is 49.7 Å². The van der Waals surface area contributed by atoms with Crippen molar-refractivity contribution in [1.82, 2.24) is 31.0 Å². The predicted octanol–water partition coefficient (Wildman–Crippen LogP) is 3.56. The standard InChI is InChI=1S/C29H35F3N8O2/c1-19-4-5-21(14-27(19)40-18-26(36-37-40)24-17-34-38(3)20(24)2)28(41)35-23-7-6-22(25(15-23)29(30,31)32)16-33-8-9-39-10-12-42-13-11-39/h4-7,14-15,17-18,33,36-37H,8-13,16H2,1-3H3,(H,35,41). The van der Waals surface area contributed by atoms with Crippen molar-refractivity contribution < 1.29 is 22.7 Å². The molecule has 3 heterocycles. The van der Waals surface area contributed by atoms with E-state index in [1.807, 2.05) is 27.1 Å². The molecule has 1 aromatic heterocycles. The van der Waals surface area contributed by atoms with Crippen LogP contribution in [0.2, 0.25) is 0 Å². The SMILES string of the molecule is Cc1ccc(C(=O)Nc2ccc(CNCCN3CCOCC3)c(C(F)(F)F)c2)cc1N1C=C(c2cnn(C)c2C)NN1. The molecule has 2 aromatic carbocycles. The third-order valence-electron chi connectivity index (χ3n) is 7.52. The number of carbonyl (C=O) groups is 1. The molecule has 5 rings (SSSR count). The molecule has 42 heavy (non-hydrogen) atoms. The molecule has 2 aliphatic heterocycles. The van der Waals surface area contributed by atoms with Crippen molar-refractivity contribution in [1.29, 1.82) is 0 Å². The second kappa shape index (κ2) is 12.5. The number of morpholine rings is 1. The lowest BCUT2D eigenvalue weighted by molar-refractivity contribution is -0.138. The molecule has 224 valence electrons. The Kier molecular flexibility index (Phi) is 8.82. The summed E-state index contributed by atoms with van der Waals surface area (Å²) in [5.74, 6) is -0.514. The van der Waals surface area contributed by atoms with E-state index in [1.54, 1.807) is 34.1 Å². The lowest BCUT2D eigenvalue weighted by atomic mass is 10.0. The van der Waals surface area contributed by atoms with E-state index >= 15 is 0 Å². The average molecular weight is 585 g/mol. The number of amides is 1. The normalized spacial score (nSPS) is 16.0. The Morgan fingerprint density at radius 2 is 1.90 bits per heavy atom. The molecular formula is C29H35F3N8O2. The van der Waals surface area contributed by atoms with Crippen LogP contribution < -0.4 is 26.6 Å². The highest BCUT2D eigenvalue weighted by atomic mass is 19.4. The molecule has 3 aromatic rings. The molecule has 4 N–H and O–H groups in total. The number of anilines is 2. The smallest absolute Gasteiger partial charge is 0.379 e. The summed E-state index contributed by atoms with van der Waals surface area (Å²) in [5.41, 5.74) is 10.2. The van der Waals surface area contributed by atoms with E-state index in [4.69, 9.17) is 4.74 Å². The Labute approximate surface area is 242 Å². The maximum absolute atomic E-state index is 13.9. The van der Waals surface area contributed by atoms with Gasteiger partial charge in [0, 0.05) is 68.5 Å². The van der Waals surface area contributed by atoms with E-state index in [0.717, 1.165) is 48.2 Å². The van der Waals surface area contributed by atoms with Crippen molar-refractivity contribution in [3.8, 4) is 0 Å². The van der Waals surface area contributed by atoms with Gasteiger partial charge in [0.2, 0.25) is 0 Å². The van der Waals surface area contributed by atoms with Gasteiger partial charge in [0.15, 0.2) is 0 Å². The number of nitrogens with one attached hydrogen (secondary N) is 4. The lowest BCUT2D eigenvalue weighted by Crippen LogP contribution is -2.40. The molecule has 0 radical (unpaired) electrons. The first-order valence-corrected chi connectivity index (χ1v) is 13.7. The molecule has 0 bridgehead atoms. The van der Waals surface area contributed by atoms with Crippen LogP contribution in [0, 0.1) is 13.8 Å². The summed E-state index contributed by atoms with van der Waals surface area (Å²) in [6.45, 7) is 8.22. The minimum atomic E-state index is -4.57. The number of ether oxygens (including phenoxy) is 1. The Hall–Kier alpha value is -3.91. The Balaban J connectivity index is 1.26. The number of benzene rings is 2. The summed E-state index contributed by atoms with van der Waals surface area (Å²) in [6.07, 6.45) is -0.945. The summed E-state index contributed by atoms with van der Waals surface area (Å²) in [5, 5.41) is 11.8. The van der Waals surface area contributed by atoms with Gasteiger partial charge in [-0.3, -0.25) is 19.4 Å². The van der Waals surface area contributed by atoms with Crippen molar-refractivity contribution in [2.45, 2.75) is 26.6 Å². The van der Waals surface area contributed by atoms with Crippen LogP contribution in [0.25, 0.3) is 5.70 Å². The van der Waals surface area contributed by atoms with Gasteiger partial charge in [-0.25, -0.2) is 0 Å². The van der Waals surface area contributed by atoms with Gasteiger partial charge in [-0.2, -0.15) is 18.3 Å². The molecule has 1 fully saturated rings. The van der Waals surface area contributed by atoms with E-state index < -0.39 is 17.6 Å². The van der Waals surface area contributed by atoms with Crippen molar-refractivity contribution >= 4 is 23.0 Å². The minimum Gasteiger partial charge on any atom is -0.379 e. The number of nitrogens with zero attached hydrogens (tertiary/aromatic N) is 4. The van der Waals surface area contributed by atoms with Gasteiger partial charge in [-0.15, -0.1) is 5.53 Å². The zero-order chi connectivity index (χ0) is 29.9. The largest absolute Gasteiger partial charge is 0.416 e. The van der Waals surface area contributed by atoms with Crippen LogP contribution >= 0.6 is 0 Å². The quantitative estimate of drug-likeness (QED) is 0.284. The summed E-state index contributed by atoms with van der Waals surface area (Å²) >= 11 is 0. The first-order chi connectivity index (χ1) is 20.1. The summed E-state index contributed by atoms with van der Waals surface area (Å²) in [7, 11) is 1.86. The van der Waals surface area contributed by atoms with Gasteiger partial charge in [0.25, 0.3) is 5.91 Å². The van der Waals surface area contributed by atoms with Gasteiger partial charge in [0.1, 0.15) is 0 Å². The highest BCUT2D eigenvalue weighted by Gasteiger charge is 2.33. The maximum Gasteiger partial charge on any atom is 0.416 e. The van der Waals surface area contributed by atoms with E-state index in [2.05, 4.69) is 31.6 Å². The molecule has 0 spiro atoms. The van der Waals surface area contributed by atoms with Crippen molar-refractivity contribution in [3.63, 3.8) is 0 Å². The monoisotopic (exact) mass is 584 g/mol. The fraction of sp³-hybridized carbons (Fsp3) is 0.379. The fourth-order valence-electron chi connectivity index (χ4n) is 4.91. The van der Waals surface area contributed by atoms with Gasteiger partial charge in [-0.1, -0.05) is 12.1 Å². The number of aromatic nitrogens is 2. The van der Waals surface area contributed by atoms with Crippen LogP contribution in [0.15, 0.2) is 48.8 Å². The van der Waals surface area contributed by atoms with Gasteiger partial charge in [0.05, 0.1) is 36.4 Å². The maximum atomic E-state index is 13.9. The first kappa shape index (κ1) is 29.6. The zero-order valence-electron chi connectivity index (χ0n) is 23.8. The summed E-state index contributed by atoms with van der Waals surface area (Å²) in [4.78, 5) is 15.3. The van der Waals surface area contributed by atoms with Crippen LogP contribution in [0.3, 0.4) is 0 Å². The molecule has 0 atom stereocenters. The third-order valence-corrected chi connectivity index (χ3v) is 7.52. The van der Waals surface area contributed by atoms with Gasteiger partial charge >= 0.3 is 6.18 Å². The van der Waals surface area contributed by atoms with Crippen LogP contribution in [0.5, 0.6) is 0 Å². The number of alkyl halides is 3. The summed E-state index contributed by atoms with van der Waals surface area (Å²) < 4.78 is 48.9. The Bertz CT molecular complexity index is 1460. The topological polar surface area (TPSA) is 98.7 Å². The molecule has 0 aliphatic carbocycles. The molecular weight excluding hydrogens is 549 g/mol. The molecule has 2 aliphatic rings. The Morgan fingerprint density at radius 3 is 2.62 bits per heavy atom. The number of aryl methyl sites for hydroxylation is 2. The van der Waals surface area contributed by atoms with Crippen molar-refractivity contribution in [3.05, 3.63) is 82.3 Å². The lowest BCUT2D eigenvalue weighted by Gasteiger charge is -2.26. The van der Waals surface area contributed by atoms with E-state index in [9.17, 15) is 18.0 Å². The number of halogens is 3. The number of rotatable bonds is 9. The number of hydrogen-bond donors (Lipinski definition) is 4. The zero-order valence-corrected chi connectivity index (χ0v) is 23.8. The molecule has 0 saturated carbocycles. The Morgan fingerprint density at radius 1 is 1.12 bits per heavy atom. The van der Waals surface area contributed by atoms with E-state index in [-0.39, 0.29) is 17.8 Å². The second-order valence-corrected chi connectivity index (χ2v) is 10.4. The first-order valence-electron chi connectivity index (χ1n) is 13.7. The molecule has 0 unspecified atom stereocenters. The predicted molar refractivity (Wildman–Crippen MR) is 154 cm³/mol. The van der Waals surface area contributed by atoms with Crippen molar-refractivity contribution in [2.24, 2.45) is 7.05 Å².